The molecule has 0 spiro atoms. The summed E-state index contributed by atoms with van der Waals surface area (Å²) >= 11 is 0. The molecule has 0 aliphatic rings. The van der Waals surface area contributed by atoms with Gasteiger partial charge in [0.25, 0.3) is 0 Å². The SMILES string of the molecule is CC(CCOC(=O)c1ccccc1)CC(C)COC(=O)c1ccccc1. The molecule has 4 nitrogen and oxygen atoms in total. The van der Waals surface area contributed by atoms with Gasteiger partial charge in [0.1, 0.15) is 0 Å². The van der Waals surface area contributed by atoms with Crippen molar-refractivity contribution in [3.63, 3.8) is 0 Å². The first-order valence-corrected chi connectivity index (χ1v) is 9.00. The fraction of sp³-hybridized carbons (Fsp3) is 0.364. The van der Waals surface area contributed by atoms with Crippen LogP contribution in [0.1, 0.15) is 47.4 Å². The number of carbonyl (C=O) groups is 2. The van der Waals surface area contributed by atoms with Crippen molar-refractivity contribution in [1.82, 2.24) is 0 Å². The molecule has 4 heteroatoms. The molecule has 2 aromatic carbocycles. The molecule has 0 amide bonds. The maximum absolute atomic E-state index is 11.9. The zero-order valence-electron chi connectivity index (χ0n) is 15.4. The number of hydrogen-bond donors (Lipinski definition) is 0. The number of carbonyl (C=O) groups excluding carboxylic acids is 2. The molecule has 0 saturated carbocycles. The lowest BCUT2D eigenvalue weighted by Crippen LogP contribution is -2.16. The van der Waals surface area contributed by atoms with E-state index in [1.165, 1.54) is 0 Å². The number of rotatable bonds is 9. The summed E-state index contributed by atoms with van der Waals surface area (Å²) in [6.45, 7) is 4.96. The van der Waals surface area contributed by atoms with Crippen molar-refractivity contribution in [2.75, 3.05) is 13.2 Å². The Balaban J connectivity index is 1.63. The Morgan fingerprint density at radius 2 is 1.27 bits per heavy atom. The quantitative estimate of drug-likeness (QED) is 0.610. The van der Waals surface area contributed by atoms with E-state index in [0.717, 1.165) is 12.8 Å². The lowest BCUT2D eigenvalue weighted by Gasteiger charge is -2.17. The Kier molecular flexibility index (Phi) is 7.87. The minimum atomic E-state index is -0.290. The lowest BCUT2D eigenvalue weighted by molar-refractivity contribution is 0.0409. The summed E-state index contributed by atoms with van der Waals surface area (Å²) < 4.78 is 10.7. The zero-order valence-corrected chi connectivity index (χ0v) is 15.4. The third-order valence-electron chi connectivity index (χ3n) is 4.17. The summed E-state index contributed by atoms with van der Waals surface area (Å²) in [6, 6.07) is 18.0. The van der Waals surface area contributed by atoms with Gasteiger partial charge in [-0.25, -0.2) is 9.59 Å². The fourth-order valence-corrected chi connectivity index (χ4v) is 2.76. The second-order valence-electron chi connectivity index (χ2n) is 6.70. The van der Waals surface area contributed by atoms with Gasteiger partial charge >= 0.3 is 11.9 Å². The molecular formula is C22H26O4. The first-order valence-electron chi connectivity index (χ1n) is 9.00. The molecule has 2 rings (SSSR count). The van der Waals surface area contributed by atoms with Crippen LogP contribution in [-0.2, 0) is 9.47 Å². The fourth-order valence-electron chi connectivity index (χ4n) is 2.76. The van der Waals surface area contributed by atoms with Crippen LogP contribution >= 0.6 is 0 Å². The summed E-state index contributed by atoms with van der Waals surface area (Å²) in [5.74, 6) is 0.0519. The molecule has 0 heterocycles. The molecular weight excluding hydrogens is 328 g/mol. The molecule has 0 bridgehead atoms. The van der Waals surface area contributed by atoms with Gasteiger partial charge in [0, 0.05) is 0 Å². The van der Waals surface area contributed by atoms with Gasteiger partial charge < -0.3 is 9.47 Å². The smallest absolute Gasteiger partial charge is 0.338 e. The van der Waals surface area contributed by atoms with E-state index < -0.39 is 0 Å². The highest BCUT2D eigenvalue weighted by atomic mass is 16.5. The van der Waals surface area contributed by atoms with Gasteiger partial charge in [-0.2, -0.15) is 0 Å². The molecule has 26 heavy (non-hydrogen) atoms. The van der Waals surface area contributed by atoms with Crippen molar-refractivity contribution >= 4 is 11.9 Å². The van der Waals surface area contributed by atoms with E-state index in [-0.39, 0.29) is 17.9 Å². The summed E-state index contributed by atoms with van der Waals surface area (Å²) in [7, 11) is 0. The standard InChI is InChI=1S/C22H26O4/c1-17(13-14-25-21(23)19-9-5-3-6-10-19)15-18(2)16-26-22(24)20-11-7-4-8-12-20/h3-12,17-18H,13-16H2,1-2H3. The maximum Gasteiger partial charge on any atom is 0.338 e. The van der Waals surface area contributed by atoms with E-state index in [4.69, 9.17) is 9.47 Å². The molecule has 0 aliphatic carbocycles. The largest absolute Gasteiger partial charge is 0.462 e. The number of hydrogen-bond acceptors (Lipinski definition) is 4. The third-order valence-corrected chi connectivity index (χ3v) is 4.17. The molecule has 0 saturated heterocycles. The van der Waals surface area contributed by atoms with E-state index in [9.17, 15) is 9.59 Å². The van der Waals surface area contributed by atoms with Crippen molar-refractivity contribution in [2.45, 2.75) is 26.7 Å². The number of benzene rings is 2. The summed E-state index contributed by atoms with van der Waals surface area (Å²) in [5, 5.41) is 0. The van der Waals surface area contributed by atoms with E-state index in [2.05, 4.69) is 13.8 Å². The van der Waals surface area contributed by atoms with Gasteiger partial charge in [-0.3, -0.25) is 0 Å². The average Bonchev–Trinajstić information content (AvgIpc) is 2.67. The van der Waals surface area contributed by atoms with Crippen LogP contribution in [0.25, 0.3) is 0 Å². The Morgan fingerprint density at radius 3 is 1.81 bits per heavy atom. The minimum absolute atomic E-state index is 0.252. The monoisotopic (exact) mass is 354 g/mol. The molecule has 0 aliphatic heterocycles. The molecule has 0 aromatic heterocycles. The Morgan fingerprint density at radius 1 is 0.769 bits per heavy atom. The molecule has 2 aromatic rings. The van der Waals surface area contributed by atoms with Crippen LogP contribution in [-0.4, -0.2) is 25.2 Å². The molecule has 0 radical (unpaired) electrons. The van der Waals surface area contributed by atoms with E-state index in [0.29, 0.717) is 30.3 Å². The van der Waals surface area contributed by atoms with Crippen LogP contribution in [0.5, 0.6) is 0 Å². The molecule has 2 atom stereocenters. The van der Waals surface area contributed by atoms with Crippen molar-refractivity contribution < 1.29 is 19.1 Å². The van der Waals surface area contributed by atoms with Gasteiger partial charge in [0.2, 0.25) is 0 Å². The van der Waals surface area contributed by atoms with E-state index in [1.54, 1.807) is 24.3 Å². The second-order valence-corrected chi connectivity index (χ2v) is 6.70. The summed E-state index contributed by atoms with van der Waals surface area (Å²) in [4.78, 5) is 23.8. The van der Waals surface area contributed by atoms with Gasteiger partial charge in [-0.05, 0) is 48.9 Å². The minimum Gasteiger partial charge on any atom is -0.462 e. The van der Waals surface area contributed by atoms with Gasteiger partial charge in [-0.15, -0.1) is 0 Å². The highest BCUT2D eigenvalue weighted by molar-refractivity contribution is 5.89. The van der Waals surface area contributed by atoms with Crippen LogP contribution in [0.2, 0.25) is 0 Å². The highest BCUT2D eigenvalue weighted by Crippen LogP contribution is 2.16. The average molecular weight is 354 g/mol. The molecule has 0 N–H and O–H groups in total. The first-order chi connectivity index (χ1) is 12.6. The van der Waals surface area contributed by atoms with Crippen LogP contribution in [0.4, 0.5) is 0 Å². The van der Waals surface area contributed by atoms with Crippen LogP contribution in [0.15, 0.2) is 60.7 Å². The molecule has 0 fully saturated rings. The maximum atomic E-state index is 11.9. The number of ether oxygens (including phenoxy) is 2. The van der Waals surface area contributed by atoms with Crippen LogP contribution in [0, 0.1) is 11.8 Å². The number of esters is 2. The lowest BCUT2D eigenvalue weighted by atomic mass is 9.95. The van der Waals surface area contributed by atoms with Gasteiger partial charge in [0.15, 0.2) is 0 Å². The molecule has 138 valence electrons. The van der Waals surface area contributed by atoms with Crippen molar-refractivity contribution in [2.24, 2.45) is 11.8 Å². The normalized spacial score (nSPS) is 12.8. The Labute approximate surface area is 155 Å². The Bertz CT molecular complexity index is 682. The van der Waals surface area contributed by atoms with Crippen molar-refractivity contribution in [1.29, 1.82) is 0 Å². The summed E-state index contributed by atoms with van der Waals surface area (Å²) in [5.41, 5.74) is 1.14. The predicted octanol–water partition coefficient (Wildman–Crippen LogP) is 4.75. The zero-order chi connectivity index (χ0) is 18.8. The Hall–Kier alpha value is -2.62. The third kappa shape index (κ3) is 6.71. The van der Waals surface area contributed by atoms with Crippen LogP contribution in [0.3, 0.4) is 0 Å². The highest BCUT2D eigenvalue weighted by Gasteiger charge is 2.14. The topological polar surface area (TPSA) is 52.6 Å². The van der Waals surface area contributed by atoms with Crippen molar-refractivity contribution in [3.05, 3.63) is 71.8 Å². The van der Waals surface area contributed by atoms with Gasteiger partial charge in [0.05, 0.1) is 24.3 Å². The van der Waals surface area contributed by atoms with Crippen LogP contribution < -0.4 is 0 Å². The first kappa shape index (κ1) is 19.7. The molecule has 2 unspecified atom stereocenters. The van der Waals surface area contributed by atoms with Crippen molar-refractivity contribution in [3.8, 4) is 0 Å². The van der Waals surface area contributed by atoms with E-state index in [1.807, 2.05) is 36.4 Å². The summed E-state index contributed by atoms with van der Waals surface area (Å²) in [6.07, 6.45) is 1.69. The second kappa shape index (κ2) is 10.4. The van der Waals surface area contributed by atoms with Gasteiger partial charge in [-0.1, -0.05) is 50.2 Å². The van der Waals surface area contributed by atoms with E-state index >= 15 is 0 Å². The predicted molar refractivity (Wildman–Crippen MR) is 101 cm³/mol.